The summed E-state index contributed by atoms with van der Waals surface area (Å²) in [6.07, 6.45) is -0.970. The standard InChI is InChI=1S/C16H17F3N2/c1-11(13-6-5-9-20-10-13)21-12(2)14-7-3-4-8-15(14)16(17,18)19/h3-12,21H,1-2H3/t11-,12?/m0/s1. The molecule has 0 radical (unpaired) electrons. The van der Waals surface area contributed by atoms with Crippen LogP contribution in [0.2, 0.25) is 0 Å². The number of benzene rings is 1. The van der Waals surface area contributed by atoms with Crippen LogP contribution in [0.3, 0.4) is 0 Å². The molecule has 5 heteroatoms. The third-order valence-electron chi connectivity index (χ3n) is 3.42. The highest BCUT2D eigenvalue weighted by Crippen LogP contribution is 2.34. The summed E-state index contributed by atoms with van der Waals surface area (Å²) in [6.45, 7) is 3.64. The van der Waals surface area contributed by atoms with Crippen LogP contribution in [0.4, 0.5) is 13.2 Å². The van der Waals surface area contributed by atoms with Crippen molar-refractivity contribution in [2.75, 3.05) is 0 Å². The van der Waals surface area contributed by atoms with E-state index in [-0.39, 0.29) is 11.6 Å². The minimum Gasteiger partial charge on any atom is -0.304 e. The Bertz CT molecular complexity index is 582. The maximum absolute atomic E-state index is 13.0. The quantitative estimate of drug-likeness (QED) is 0.897. The van der Waals surface area contributed by atoms with Gasteiger partial charge in [0.05, 0.1) is 5.56 Å². The van der Waals surface area contributed by atoms with Crippen LogP contribution in [0.1, 0.15) is 42.6 Å². The van der Waals surface area contributed by atoms with Gasteiger partial charge in [0.15, 0.2) is 0 Å². The van der Waals surface area contributed by atoms with E-state index in [4.69, 9.17) is 0 Å². The summed E-state index contributed by atoms with van der Waals surface area (Å²) in [5.74, 6) is 0. The van der Waals surface area contributed by atoms with Crippen LogP contribution in [-0.4, -0.2) is 4.98 Å². The van der Waals surface area contributed by atoms with Gasteiger partial charge in [-0.1, -0.05) is 24.3 Å². The maximum atomic E-state index is 13.0. The second kappa shape index (κ2) is 6.26. The van der Waals surface area contributed by atoms with Gasteiger partial charge in [0.2, 0.25) is 0 Å². The zero-order valence-corrected chi connectivity index (χ0v) is 11.9. The fraction of sp³-hybridized carbons (Fsp3) is 0.312. The predicted molar refractivity (Wildman–Crippen MR) is 75.6 cm³/mol. The summed E-state index contributed by atoms with van der Waals surface area (Å²) in [7, 11) is 0. The molecule has 1 heterocycles. The third-order valence-corrected chi connectivity index (χ3v) is 3.42. The Labute approximate surface area is 122 Å². The number of hydrogen-bond donors (Lipinski definition) is 1. The molecule has 0 aliphatic heterocycles. The number of pyridine rings is 1. The number of hydrogen-bond acceptors (Lipinski definition) is 2. The minimum atomic E-state index is -4.34. The van der Waals surface area contributed by atoms with Crippen LogP contribution in [0.5, 0.6) is 0 Å². The smallest absolute Gasteiger partial charge is 0.304 e. The minimum absolute atomic E-state index is 0.0880. The van der Waals surface area contributed by atoms with Crippen LogP contribution < -0.4 is 5.32 Å². The molecule has 0 aliphatic rings. The molecule has 112 valence electrons. The average Bonchev–Trinajstić information content (AvgIpc) is 2.47. The third kappa shape index (κ3) is 3.82. The number of aromatic nitrogens is 1. The highest BCUT2D eigenvalue weighted by Gasteiger charge is 2.34. The lowest BCUT2D eigenvalue weighted by Crippen LogP contribution is -2.25. The van der Waals surface area contributed by atoms with Gasteiger partial charge in [0.25, 0.3) is 0 Å². The van der Waals surface area contributed by atoms with Gasteiger partial charge in [-0.25, -0.2) is 0 Å². The molecular formula is C16H17F3N2. The zero-order valence-electron chi connectivity index (χ0n) is 11.9. The molecule has 1 N–H and O–H groups in total. The van der Waals surface area contributed by atoms with Crippen molar-refractivity contribution in [2.24, 2.45) is 0 Å². The van der Waals surface area contributed by atoms with Crippen LogP contribution in [0, 0.1) is 0 Å². The summed E-state index contributed by atoms with van der Waals surface area (Å²) in [4.78, 5) is 4.02. The molecule has 2 aromatic rings. The fourth-order valence-electron chi connectivity index (χ4n) is 2.33. The van der Waals surface area contributed by atoms with Gasteiger partial charge in [-0.3, -0.25) is 4.98 Å². The SMILES string of the molecule is CC(N[C@@H](C)c1cccnc1)c1ccccc1C(F)(F)F. The Morgan fingerprint density at radius 2 is 1.71 bits per heavy atom. The van der Waals surface area contributed by atoms with Gasteiger partial charge >= 0.3 is 6.18 Å². The van der Waals surface area contributed by atoms with Gasteiger partial charge in [0.1, 0.15) is 0 Å². The Balaban J connectivity index is 2.20. The van der Waals surface area contributed by atoms with Crippen LogP contribution in [0.15, 0.2) is 48.8 Å². The van der Waals surface area contributed by atoms with Crippen LogP contribution in [-0.2, 0) is 6.18 Å². The normalized spacial score (nSPS) is 14.7. The van der Waals surface area contributed by atoms with Gasteiger partial charge < -0.3 is 5.32 Å². The zero-order chi connectivity index (χ0) is 15.5. The topological polar surface area (TPSA) is 24.9 Å². The molecule has 1 aromatic carbocycles. The van der Waals surface area contributed by atoms with E-state index < -0.39 is 17.8 Å². The number of nitrogens with one attached hydrogen (secondary N) is 1. The van der Waals surface area contributed by atoms with Gasteiger partial charge in [-0.2, -0.15) is 13.2 Å². The predicted octanol–water partition coefficient (Wildman–Crippen LogP) is 4.51. The summed E-state index contributed by atoms with van der Waals surface area (Å²) in [6, 6.07) is 8.85. The van der Waals surface area contributed by atoms with Gasteiger partial charge in [0, 0.05) is 24.5 Å². The highest BCUT2D eigenvalue weighted by atomic mass is 19.4. The Kier molecular flexibility index (Phi) is 4.63. The number of halogens is 3. The lowest BCUT2D eigenvalue weighted by Gasteiger charge is -2.23. The highest BCUT2D eigenvalue weighted by molar-refractivity contribution is 5.32. The number of nitrogens with zero attached hydrogens (tertiary/aromatic N) is 1. The van der Waals surface area contributed by atoms with Crippen molar-refractivity contribution < 1.29 is 13.2 Å². The fourth-order valence-corrected chi connectivity index (χ4v) is 2.33. The second-order valence-corrected chi connectivity index (χ2v) is 4.98. The van der Waals surface area contributed by atoms with E-state index in [1.54, 1.807) is 25.4 Å². The molecule has 2 rings (SSSR count). The van der Waals surface area contributed by atoms with Gasteiger partial charge in [-0.05, 0) is 37.1 Å². The van der Waals surface area contributed by atoms with Crippen molar-refractivity contribution in [3.8, 4) is 0 Å². The first-order chi connectivity index (χ1) is 9.89. The molecule has 1 aromatic heterocycles. The van der Waals surface area contributed by atoms with Gasteiger partial charge in [-0.15, -0.1) is 0 Å². The molecule has 0 amide bonds. The van der Waals surface area contributed by atoms with E-state index in [2.05, 4.69) is 10.3 Å². The van der Waals surface area contributed by atoms with Crippen molar-refractivity contribution in [2.45, 2.75) is 32.1 Å². The van der Waals surface area contributed by atoms with Crippen molar-refractivity contribution >= 4 is 0 Å². The molecule has 0 bridgehead atoms. The first kappa shape index (κ1) is 15.5. The summed E-state index contributed by atoms with van der Waals surface area (Å²) < 4.78 is 39.1. The van der Waals surface area contributed by atoms with Crippen LogP contribution >= 0.6 is 0 Å². The molecule has 1 unspecified atom stereocenters. The molecule has 21 heavy (non-hydrogen) atoms. The van der Waals surface area contributed by atoms with E-state index in [9.17, 15) is 13.2 Å². The van der Waals surface area contributed by atoms with Crippen molar-refractivity contribution in [3.63, 3.8) is 0 Å². The molecule has 2 nitrogen and oxygen atoms in total. The van der Waals surface area contributed by atoms with E-state index in [1.165, 1.54) is 12.1 Å². The molecule has 0 aliphatic carbocycles. The maximum Gasteiger partial charge on any atom is 0.416 e. The summed E-state index contributed by atoms with van der Waals surface area (Å²) in [5.41, 5.74) is 0.595. The Morgan fingerprint density at radius 3 is 2.33 bits per heavy atom. The van der Waals surface area contributed by atoms with E-state index in [1.807, 2.05) is 19.1 Å². The molecule has 0 saturated heterocycles. The molecule has 2 atom stereocenters. The lowest BCUT2D eigenvalue weighted by molar-refractivity contribution is -0.138. The first-order valence-electron chi connectivity index (χ1n) is 6.71. The first-order valence-corrected chi connectivity index (χ1v) is 6.71. The van der Waals surface area contributed by atoms with Crippen LogP contribution in [0.25, 0.3) is 0 Å². The Hall–Kier alpha value is -1.88. The van der Waals surface area contributed by atoms with E-state index in [0.717, 1.165) is 11.6 Å². The molecule has 0 saturated carbocycles. The second-order valence-electron chi connectivity index (χ2n) is 4.98. The largest absolute Gasteiger partial charge is 0.416 e. The average molecular weight is 294 g/mol. The van der Waals surface area contributed by atoms with Crippen molar-refractivity contribution in [3.05, 3.63) is 65.5 Å². The van der Waals surface area contributed by atoms with Crippen molar-refractivity contribution in [1.82, 2.24) is 10.3 Å². The summed E-state index contributed by atoms with van der Waals surface area (Å²) in [5, 5.41) is 3.18. The number of alkyl halides is 3. The molecule has 0 spiro atoms. The lowest BCUT2D eigenvalue weighted by atomic mass is 9.99. The Morgan fingerprint density at radius 1 is 1.00 bits per heavy atom. The molecule has 0 fully saturated rings. The van der Waals surface area contributed by atoms with E-state index in [0.29, 0.717) is 0 Å². The summed E-state index contributed by atoms with van der Waals surface area (Å²) >= 11 is 0. The molecular weight excluding hydrogens is 277 g/mol. The monoisotopic (exact) mass is 294 g/mol. The van der Waals surface area contributed by atoms with E-state index >= 15 is 0 Å². The van der Waals surface area contributed by atoms with Crippen molar-refractivity contribution in [1.29, 1.82) is 0 Å². The number of rotatable bonds is 4.